The number of benzene rings is 2. The molecule has 0 aliphatic carbocycles. The molecular weight excluding hydrogens is 291 g/mol. The summed E-state index contributed by atoms with van der Waals surface area (Å²) in [6, 6.07) is 11.1. The molecule has 4 nitrogen and oxygen atoms in total. The first-order chi connectivity index (χ1) is 9.88. The molecule has 0 bridgehead atoms. The zero-order valence-electron chi connectivity index (χ0n) is 11.6. The number of rotatable bonds is 5. The summed E-state index contributed by atoms with van der Waals surface area (Å²) in [5.74, 6) is -0.236. The molecule has 0 spiro atoms. The summed E-state index contributed by atoms with van der Waals surface area (Å²) in [6.45, 7) is 0.503. The van der Waals surface area contributed by atoms with Crippen LogP contribution in [0.25, 0.3) is 0 Å². The summed E-state index contributed by atoms with van der Waals surface area (Å²) in [5.41, 5.74) is 7.44. The van der Waals surface area contributed by atoms with Crippen LogP contribution in [0.4, 0.5) is 15.8 Å². The number of hydrogen-bond acceptors (Lipinski definition) is 4. The summed E-state index contributed by atoms with van der Waals surface area (Å²) in [4.78, 5) is 0.180. The third kappa shape index (κ3) is 3.95. The highest BCUT2D eigenvalue weighted by Crippen LogP contribution is 2.22. The van der Waals surface area contributed by atoms with Crippen LogP contribution in [0.5, 0.6) is 0 Å². The summed E-state index contributed by atoms with van der Waals surface area (Å²) in [5, 5.41) is 3.08. The zero-order chi connectivity index (χ0) is 15.5. The molecule has 0 saturated carbocycles. The molecule has 112 valence electrons. The highest BCUT2D eigenvalue weighted by molar-refractivity contribution is 7.90. The number of sulfone groups is 1. The van der Waals surface area contributed by atoms with Gasteiger partial charge in [-0.3, -0.25) is 0 Å². The normalized spacial score (nSPS) is 11.3. The van der Waals surface area contributed by atoms with E-state index in [1.165, 1.54) is 18.2 Å². The van der Waals surface area contributed by atoms with Gasteiger partial charge in [-0.05, 0) is 36.2 Å². The van der Waals surface area contributed by atoms with Crippen molar-refractivity contribution >= 4 is 21.2 Å². The molecule has 0 aliphatic heterocycles. The lowest BCUT2D eigenvalue weighted by molar-refractivity contribution is 0.602. The van der Waals surface area contributed by atoms with Gasteiger partial charge in [0.2, 0.25) is 0 Å². The molecule has 0 fully saturated rings. The first-order valence-corrected chi connectivity index (χ1v) is 8.34. The lowest BCUT2D eigenvalue weighted by Gasteiger charge is -2.11. The average Bonchev–Trinajstić information content (AvgIpc) is 2.41. The molecule has 0 saturated heterocycles. The van der Waals surface area contributed by atoms with Crippen molar-refractivity contribution in [1.29, 1.82) is 0 Å². The Labute approximate surface area is 123 Å². The fourth-order valence-electron chi connectivity index (χ4n) is 1.97. The van der Waals surface area contributed by atoms with Crippen molar-refractivity contribution in [2.45, 2.75) is 11.3 Å². The number of nitrogens with one attached hydrogen (secondary N) is 1. The van der Waals surface area contributed by atoms with Crippen LogP contribution in [0, 0.1) is 5.82 Å². The summed E-state index contributed by atoms with van der Waals surface area (Å²) in [6.07, 6.45) is 1.65. The monoisotopic (exact) mass is 308 g/mol. The SMILES string of the molecule is CS(=O)(=O)c1ccc(NCCc2ccccc2F)c(N)c1. The van der Waals surface area contributed by atoms with E-state index in [0.717, 1.165) is 6.26 Å². The Bertz CT molecular complexity index is 745. The molecule has 0 aliphatic rings. The highest BCUT2D eigenvalue weighted by Gasteiger charge is 2.09. The van der Waals surface area contributed by atoms with E-state index in [9.17, 15) is 12.8 Å². The van der Waals surface area contributed by atoms with Crippen LogP contribution in [0.3, 0.4) is 0 Å². The second kappa shape index (κ2) is 6.13. The van der Waals surface area contributed by atoms with E-state index in [2.05, 4.69) is 5.32 Å². The Morgan fingerprint density at radius 3 is 2.52 bits per heavy atom. The quantitative estimate of drug-likeness (QED) is 0.832. The average molecular weight is 308 g/mol. The van der Waals surface area contributed by atoms with Gasteiger partial charge >= 0.3 is 0 Å². The van der Waals surface area contributed by atoms with Crippen molar-refractivity contribution in [3.05, 3.63) is 53.8 Å². The fraction of sp³-hybridized carbons (Fsp3) is 0.200. The minimum atomic E-state index is -3.27. The Kier molecular flexibility index (Phi) is 4.47. The maximum atomic E-state index is 13.5. The predicted octanol–water partition coefficient (Wildman–Crippen LogP) is 2.47. The fourth-order valence-corrected chi connectivity index (χ4v) is 2.62. The van der Waals surface area contributed by atoms with Crippen molar-refractivity contribution in [3.63, 3.8) is 0 Å². The van der Waals surface area contributed by atoms with E-state index < -0.39 is 9.84 Å². The highest BCUT2D eigenvalue weighted by atomic mass is 32.2. The van der Waals surface area contributed by atoms with Gasteiger partial charge in [0.25, 0.3) is 0 Å². The van der Waals surface area contributed by atoms with Gasteiger partial charge in [-0.2, -0.15) is 0 Å². The van der Waals surface area contributed by atoms with Gasteiger partial charge < -0.3 is 11.1 Å². The maximum Gasteiger partial charge on any atom is 0.175 e. The van der Waals surface area contributed by atoms with Gasteiger partial charge in [0.1, 0.15) is 5.82 Å². The molecule has 2 rings (SSSR count). The molecule has 6 heteroatoms. The number of nitrogen functional groups attached to an aromatic ring is 1. The van der Waals surface area contributed by atoms with Crippen molar-refractivity contribution in [3.8, 4) is 0 Å². The van der Waals surface area contributed by atoms with Crippen LogP contribution in [-0.2, 0) is 16.3 Å². The molecule has 0 atom stereocenters. The van der Waals surface area contributed by atoms with Gasteiger partial charge in [0.15, 0.2) is 9.84 Å². The molecule has 0 aromatic heterocycles. The Morgan fingerprint density at radius 2 is 1.90 bits per heavy atom. The minimum Gasteiger partial charge on any atom is -0.397 e. The molecule has 0 amide bonds. The molecular formula is C15H17FN2O2S. The molecule has 2 aromatic carbocycles. The smallest absolute Gasteiger partial charge is 0.175 e. The largest absolute Gasteiger partial charge is 0.397 e. The van der Waals surface area contributed by atoms with Crippen LogP contribution >= 0.6 is 0 Å². The van der Waals surface area contributed by atoms with Crippen molar-refractivity contribution in [2.75, 3.05) is 23.9 Å². The molecule has 0 heterocycles. The predicted molar refractivity (Wildman–Crippen MR) is 82.6 cm³/mol. The van der Waals surface area contributed by atoms with Crippen molar-refractivity contribution < 1.29 is 12.8 Å². The Morgan fingerprint density at radius 1 is 1.19 bits per heavy atom. The first-order valence-electron chi connectivity index (χ1n) is 6.45. The molecule has 0 radical (unpaired) electrons. The molecule has 21 heavy (non-hydrogen) atoms. The lowest BCUT2D eigenvalue weighted by Crippen LogP contribution is -2.08. The number of hydrogen-bond donors (Lipinski definition) is 2. The van der Waals surface area contributed by atoms with Gasteiger partial charge in [0.05, 0.1) is 16.3 Å². The van der Waals surface area contributed by atoms with E-state index >= 15 is 0 Å². The van der Waals surface area contributed by atoms with Crippen LogP contribution in [0.15, 0.2) is 47.4 Å². The van der Waals surface area contributed by atoms with E-state index in [0.29, 0.717) is 29.9 Å². The first kappa shape index (κ1) is 15.3. The Hall–Kier alpha value is -2.08. The number of anilines is 2. The molecule has 3 N–H and O–H groups in total. The van der Waals surface area contributed by atoms with Gasteiger partial charge in [-0.25, -0.2) is 12.8 Å². The van der Waals surface area contributed by atoms with Crippen LogP contribution in [0.1, 0.15) is 5.56 Å². The number of nitrogens with two attached hydrogens (primary N) is 1. The second-order valence-corrected chi connectivity index (χ2v) is 6.81. The van der Waals surface area contributed by atoms with Gasteiger partial charge in [-0.1, -0.05) is 18.2 Å². The minimum absolute atomic E-state index is 0.180. The molecule has 2 aromatic rings. The summed E-state index contributed by atoms with van der Waals surface area (Å²) >= 11 is 0. The zero-order valence-corrected chi connectivity index (χ0v) is 12.5. The van der Waals surface area contributed by atoms with Crippen LogP contribution in [0.2, 0.25) is 0 Å². The topological polar surface area (TPSA) is 72.2 Å². The van der Waals surface area contributed by atoms with E-state index in [1.54, 1.807) is 24.3 Å². The van der Waals surface area contributed by atoms with Crippen molar-refractivity contribution in [1.82, 2.24) is 0 Å². The van der Waals surface area contributed by atoms with Gasteiger partial charge in [0, 0.05) is 12.8 Å². The summed E-state index contributed by atoms with van der Waals surface area (Å²) < 4.78 is 36.3. The standard InChI is InChI=1S/C15H17FN2O2S/c1-21(19,20)12-6-7-15(14(17)10-12)18-9-8-11-4-2-3-5-13(11)16/h2-7,10,18H,8-9,17H2,1H3. The Balaban J connectivity index is 2.03. The third-order valence-corrected chi connectivity index (χ3v) is 4.23. The lowest BCUT2D eigenvalue weighted by atomic mass is 10.1. The molecule has 0 unspecified atom stereocenters. The van der Waals surface area contributed by atoms with Crippen molar-refractivity contribution in [2.24, 2.45) is 0 Å². The van der Waals surface area contributed by atoms with Crippen LogP contribution < -0.4 is 11.1 Å². The van der Waals surface area contributed by atoms with E-state index in [-0.39, 0.29) is 10.7 Å². The van der Waals surface area contributed by atoms with Gasteiger partial charge in [-0.15, -0.1) is 0 Å². The summed E-state index contributed by atoms with van der Waals surface area (Å²) in [7, 11) is -3.27. The van der Waals surface area contributed by atoms with Crippen LogP contribution in [-0.4, -0.2) is 21.2 Å². The third-order valence-electron chi connectivity index (χ3n) is 3.12. The maximum absolute atomic E-state index is 13.5. The van der Waals surface area contributed by atoms with E-state index in [4.69, 9.17) is 5.73 Å². The second-order valence-electron chi connectivity index (χ2n) is 4.79. The number of halogens is 1. The van der Waals surface area contributed by atoms with E-state index in [1.807, 2.05) is 0 Å².